The van der Waals surface area contributed by atoms with E-state index in [0.29, 0.717) is 0 Å². The van der Waals surface area contributed by atoms with E-state index in [1.165, 1.54) is 24.8 Å². The maximum absolute atomic E-state index is 3.54. The molecule has 1 heteroatoms. The van der Waals surface area contributed by atoms with Crippen LogP contribution in [0.25, 0.3) is 0 Å². The van der Waals surface area contributed by atoms with Gasteiger partial charge < -0.3 is 5.32 Å². The molecule has 0 bridgehead atoms. The summed E-state index contributed by atoms with van der Waals surface area (Å²) in [6.45, 7) is 2.15. The standard InChI is InChI=1S/C14H19N/c1-3-7-13(8-4-1)11-15-12-14-9-5-2-6-10-14/h1-5,7-8,14-15H,6,9-12H2/t14-/m0/s1. The highest BCUT2D eigenvalue weighted by atomic mass is 14.9. The highest BCUT2D eigenvalue weighted by Gasteiger charge is 2.08. The fourth-order valence-electron chi connectivity index (χ4n) is 2.06. The fourth-order valence-corrected chi connectivity index (χ4v) is 2.06. The van der Waals surface area contributed by atoms with E-state index in [-0.39, 0.29) is 0 Å². The second-order valence-electron chi connectivity index (χ2n) is 4.27. The number of rotatable bonds is 4. The Balaban J connectivity index is 1.68. The zero-order valence-corrected chi connectivity index (χ0v) is 9.15. The molecule has 2 rings (SSSR count). The summed E-state index contributed by atoms with van der Waals surface area (Å²) in [5.74, 6) is 0.846. The molecule has 0 saturated heterocycles. The Morgan fingerprint density at radius 3 is 2.73 bits per heavy atom. The van der Waals surface area contributed by atoms with Crippen molar-refractivity contribution in [1.82, 2.24) is 5.32 Å². The molecule has 15 heavy (non-hydrogen) atoms. The van der Waals surface area contributed by atoms with Gasteiger partial charge in [0.25, 0.3) is 0 Å². The lowest BCUT2D eigenvalue weighted by atomic mass is 9.94. The van der Waals surface area contributed by atoms with Crippen molar-refractivity contribution in [2.45, 2.75) is 25.8 Å². The number of allylic oxidation sites excluding steroid dienone is 2. The summed E-state index contributed by atoms with van der Waals surface area (Å²) in [4.78, 5) is 0. The summed E-state index contributed by atoms with van der Waals surface area (Å²) in [6, 6.07) is 10.6. The molecular weight excluding hydrogens is 182 g/mol. The van der Waals surface area contributed by atoms with Crippen LogP contribution in [0.2, 0.25) is 0 Å². The van der Waals surface area contributed by atoms with Crippen molar-refractivity contribution >= 4 is 0 Å². The van der Waals surface area contributed by atoms with Gasteiger partial charge in [0.05, 0.1) is 0 Å². The van der Waals surface area contributed by atoms with Crippen molar-refractivity contribution in [2.75, 3.05) is 6.54 Å². The molecule has 0 amide bonds. The molecule has 0 fully saturated rings. The van der Waals surface area contributed by atoms with E-state index < -0.39 is 0 Å². The molecule has 0 saturated carbocycles. The molecule has 0 unspecified atom stereocenters. The van der Waals surface area contributed by atoms with Gasteiger partial charge in [0, 0.05) is 6.54 Å². The minimum atomic E-state index is 0.846. The Morgan fingerprint density at radius 1 is 1.13 bits per heavy atom. The maximum Gasteiger partial charge on any atom is 0.0205 e. The molecule has 0 aliphatic heterocycles. The Bertz CT molecular complexity index is 302. The molecule has 1 aromatic rings. The van der Waals surface area contributed by atoms with E-state index in [4.69, 9.17) is 0 Å². The summed E-state index contributed by atoms with van der Waals surface area (Å²) < 4.78 is 0. The van der Waals surface area contributed by atoms with Gasteiger partial charge in [-0.2, -0.15) is 0 Å². The Morgan fingerprint density at radius 2 is 2.00 bits per heavy atom. The van der Waals surface area contributed by atoms with Crippen molar-refractivity contribution < 1.29 is 0 Å². The molecule has 1 nitrogen and oxygen atoms in total. The van der Waals surface area contributed by atoms with Gasteiger partial charge in [0.1, 0.15) is 0 Å². The van der Waals surface area contributed by atoms with Crippen LogP contribution in [0.4, 0.5) is 0 Å². The first-order valence-corrected chi connectivity index (χ1v) is 5.85. The molecule has 1 aliphatic carbocycles. The van der Waals surface area contributed by atoms with Crippen LogP contribution >= 0.6 is 0 Å². The van der Waals surface area contributed by atoms with Crippen molar-refractivity contribution in [3.05, 3.63) is 48.0 Å². The van der Waals surface area contributed by atoms with Gasteiger partial charge in [-0.3, -0.25) is 0 Å². The lowest BCUT2D eigenvalue weighted by Gasteiger charge is -2.18. The molecule has 1 aliphatic rings. The normalized spacial score (nSPS) is 20.4. The van der Waals surface area contributed by atoms with Crippen LogP contribution < -0.4 is 5.32 Å². The van der Waals surface area contributed by atoms with E-state index in [9.17, 15) is 0 Å². The monoisotopic (exact) mass is 201 g/mol. The molecular formula is C14H19N. The van der Waals surface area contributed by atoms with Crippen molar-refractivity contribution in [3.63, 3.8) is 0 Å². The van der Waals surface area contributed by atoms with Crippen LogP contribution in [0.3, 0.4) is 0 Å². The van der Waals surface area contributed by atoms with Crippen molar-refractivity contribution in [2.24, 2.45) is 5.92 Å². The summed E-state index contributed by atoms with van der Waals surface area (Å²) >= 11 is 0. The van der Waals surface area contributed by atoms with E-state index in [1.54, 1.807) is 0 Å². The number of nitrogens with one attached hydrogen (secondary N) is 1. The van der Waals surface area contributed by atoms with Crippen LogP contribution in [0, 0.1) is 5.92 Å². The predicted molar refractivity (Wildman–Crippen MR) is 64.6 cm³/mol. The van der Waals surface area contributed by atoms with E-state index in [1.807, 2.05) is 0 Å². The third-order valence-electron chi connectivity index (χ3n) is 2.98. The molecule has 1 N–H and O–H groups in total. The molecule has 0 heterocycles. The van der Waals surface area contributed by atoms with Crippen molar-refractivity contribution in [1.29, 1.82) is 0 Å². The third kappa shape index (κ3) is 3.52. The number of hydrogen-bond donors (Lipinski definition) is 1. The SMILES string of the molecule is C1=CC[C@H](CNCc2ccccc2)CC1. The van der Waals surface area contributed by atoms with Gasteiger partial charge in [-0.1, -0.05) is 42.5 Å². The van der Waals surface area contributed by atoms with Crippen LogP contribution in [0.15, 0.2) is 42.5 Å². The average molecular weight is 201 g/mol. The van der Waals surface area contributed by atoms with E-state index in [0.717, 1.165) is 19.0 Å². The van der Waals surface area contributed by atoms with Crippen LogP contribution in [0.1, 0.15) is 24.8 Å². The molecule has 0 aromatic heterocycles. The van der Waals surface area contributed by atoms with Crippen LogP contribution in [0.5, 0.6) is 0 Å². The largest absolute Gasteiger partial charge is 0.312 e. The lowest BCUT2D eigenvalue weighted by Crippen LogP contribution is -2.23. The van der Waals surface area contributed by atoms with Gasteiger partial charge in [-0.25, -0.2) is 0 Å². The Kier molecular flexibility index (Phi) is 3.98. The predicted octanol–water partition coefficient (Wildman–Crippen LogP) is 3.13. The second kappa shape index (κ2) is 5.72. The summed E-state index contributed by atoms with van der Waals surface area (Å²) in [5.41, 5.74) is 1.38. The molecule has 80 valence electrons. The Labute approximate surface area is 92.2 Å². The van der Waals surface area contributed by atoms with E-state index in [2.05, 4.69) is 47.8 Å². The first-order chi connectivity index (χ1) is 7.45. The lowest BCUT2D eigenvalue weighted by molar-refractivity contribution is 0.440. The van der Waals surface area contributed by atoms with Crippen LogP contribution in [-0.4, -0.2) is 6.54 Å². The number of benzene rings is 1. The summed E-state index contributed by atoms with van der Waals surface area (Å²) in [5, 5.41) is 3.54. The van der Waals surface area contributed by atoms with Crippen LogP contribution in [-0.2, 0) is 6.54 Å². The molecule has 0 spiro atoms. The first kappa shape index (κ1) is 10.4. The zero-order chi connectivity index (χ0) is 10.3. The quantitative estimate of drug-likeness (QED) is 0.738. The maximum atomic E-state index is 3.54. The highest BCUT2D eigenvalue weighted by Crippen LogP contribution is 2.16. The minimum Gasteiger partial charge on any atom is -0.312 e. The van der Waals surface area contributed by atoms with Gasteiger partial charge in [0.2, 0.25) is 0 Å². The number of hydrogen-bond acceptors (Lipinski definition) is 1. The molecule has 1 aromatic carbocycles. The van der Waals surface area contributed by atoms with Gasteiger partial charge in [0.15, 0.2) is 0 Å². The zero-order valence-electron chi connectivity index (χ0n) is 9.15. The second-order valence-corrected chi connectivity index (χ2v) is 4.27. The Hall–Kier alpha value is -1.08. The van der Waals surface area contributed by atoms with E-state index >= 15 is 0 Å². The summed E-state index contributed by atoms with van der Waals surface area (Å²) in [6.07, 6.45) is 8.48. The minimum absolute atomic E-state index is 0.846. The smallest absolute Gasteiger partial charge is 0.0205 e. The van der Waals surface area contributed by atoms with Crippen molar-refractivity contribution in [3.8, 4) is 0 Å². The molecule has 1 atom stereocenters. The fraction of sp³-hybridized carbons (Fsp3) is 0.429. The first-order valence-electron chi connectivity index (χ1n) is 5.85. The van der Waals surface area contributed by atoms with Gasteiger partial charge in [-0.05, 0) is 37.3 Å². The van der Waals surface area contributed by atoms with Gasteiger partial charge in [-0.15, -0.1) is 0 Å². The van der Waals surface area contributed by atoms with Gasteiger partial charge >= 0.3 is 0 Å². The molecule has 0 radical (unpaired) electrons. The third-order valence-corrected chi connectivity index (χ3v) is 2.98. The topological polar surface area (TPSA) is 12.0 Å². The summed E-state index contributed by atoms with van der Waals surface area (Å²) in [7, 11) is 0. The average Bonchev–Trinajstić information content (AvgIpc) is 2.32. The highest BCUT2D eigenvalue weighted by molar-refractivity contribution is 5.14.